The van der Waals surface area contributed by atoms with Crippen LogP contribution >= 0.6 is 0 Å². The van der Waals surface area contributed by atoms with Crippen LogP contribution in [-0.2, 0) is 18.8 Å². The lowest BCUT2D eigenvalue weighted by molar-refractivity contribution is -0.117. The van der Waals surface area contributed by atoms with Gasteiger partial charge in [-0.1, -0.05) is 109 Å². The molecule has 4 nitrogen and oxygen atoms in total. The van der Waals surface area contributed by atoms with E-state index in [-0.39, 0.29) is 5.91 Å². The van der Waals surface area contributed by atoms with Gasteiger partial charge in [0.25, 0.3) is 5.91 Å². The lowest BCUT2D eigenvalue weighted by Crippen LogP contribution is -2.52. The highest BCUT2D eigenvalue weighted by Crippen LogP contribution is 2.46. The highest BCUT2D eigenvalue weighted by Gasteiger charge is 2.53. The van der Waals surface area contributed by atoms with E-state index in [2.05, 4.69) is 17.4 Å². The number of amides is 1. The summed E-state index contributed by atoms with van der Waals surface area (Å²) in [5.41, 5.74) is 2.60. The summed E-state index contributed by atoms with van der Waals surface area (Å²) in [5, 5.41) is 16.0. The van der Waals surface area contributed by atoms with Gasteiger partial charge in [0.15, 0.2) is 5.72 Å². The number of nitrogens with zero attached hydrogens (tertiary/aromatic N) is 1. The summed E-state index contributed by atoms with van der Waals surface area (Å²) in [6, 6.07) is 36.6. The quantitative estimate of drug-likeness (QED) is 0.430. The molecular formula is C29H26N2O2. The molecule has 1 aliphatic heterocycles. The minimum Gasteiger partial charge on any atom is -0.365 e. The Balaban J connectivity index is 1.61. The average molecular weight is 435 g/mol. The number of benzene rings is 4. The van der Waals surface area contributed by atoms with Crippen molar-refractivity contribution < 1.29 is 9.90 Å². The second-order valence-corrected chi connectivity index (χ2v) is 8.36. The molecule has 0 aromatic heterocycles. The van der Waals surface area contributed by atoms with Gasteiger partial charge in [-0.3, -0.25) is 4.79 Å². The summed E-state index contributed by atoms with van der Waals surface area (Å²) in [4.78, 5) is 15.2. The van der Waals surface area contributed by atoms with E-state index in [0.717, 1.165) is 16.7 Å². The molecule has 4 aromatic carbocycles. The maximum absolute atomic E-state index is 13.6. The van der Waals surface area contributed by atoms with Gasteiger partial charge in [0.1, 0.15) is 0 Å². The van der Waals surface area contributed by atoms with Crippen molar-refractivity contribution in [1.82, 2.24) is 10.2 Å². The van der Waals surface area contributed by atoms with Crippen molar-refractivity contribution in [2.45, 2.75) is 24.9 Å². The minimum absolute atomic E-state index is 0.167. The van der Waals surface area contributed by atoms with E-state index in [4.69, 9.17) is 0 Å². The van der Waals surface area contributed by atoms with E-state index in [1.807, 2.05) is 97.1 Å². The Morgan fingerprint density at radius 1 is 0.727 bits per heavy atom. The number of hydrogen-bond donors (Lipinski definition) is 2. The smallest absolute Gasteiger partial charge is 0.257 e. The zero-order chi connectivity index (χ0) is 22.7. The molecule has 0 radical (unpaired) electrons. The summed E-state index contributed by atoms with van der Waals surface area (Å²) >= 11 is 0. The zero-order valence-electron chi connectivity index (χ0n) is 18.3. The number of carbonyl (C=O) groups is 1. The third-order valence-electron chi connectivity index (χ3n) is 6.28. The average Bonchev–Trinajstić information content (AvgIpc) is 3.09. The lowest BCUT2D eigenvalue weighted by atomic mass is 9.88. The Morgan fingerprint density at radius 2 is 1.27 bits per heavy atom. The molecule has 5 rings (SSSR count). The molecule has 2 unspecified atom stereocenters. The minimum atomic E-state index is -1.56. The van der Waals surface area contributed by atoms with Crippen LogP contribution in [0.5, 0.6) is 0 Å². The number of aliphatic hydroxyl groups is 1. The van der Waals surface area contributed by atoms with Crippen LogP contribution in [0.15, 0.2) is 115 Å². The van der Waals surface area contributed by atoms with Gasteiger partial charge < -0.3 is 15.3 Å². The number of fused-ring (bicyclic) bond motifs is 1. The van der Waals surface area contributed by atoms with Crippen molar-refractivity contribution in [3.05, 3.63) is 143 Å². The number of rotatable bonds is 7. The van der Waals surface area contributed by atoms with Crippen LogP contribution in [0.25, 0.3) is 0 Å². The van der Waals surface area contributed by atoms with Crippen molar-refractivity contribution in [2.75, 3.05) is 0 Å². The molecule has 1 aliphatic rings. The monoisotopic (exact) mass is 434 g/mol. The summed E-state index contributed by atoms with van der Waals surface area (Å²) < 4.78 is 0. The summed E-state index contributed by atoms with van der Waals surface area (Å²) in [7, 11) is 0. The molecule has 33 heavy (non-hydrogen) atoms. The van der Waals surface area contributed by atoms with Gasteiger partial charge in [-0.05, 0) is 22.8 Å². The van der Waals surface area contributed by atoms with Crippen LogP contribution in [-0.4, -0.2) is 15.9 Å². The summed E-state index contributed by atoms with van der Waals surface area (Å²) in [6.07, 6.45) is 0. The van der Waals surface area contributed by atoms with E-state index in [1.165, 1.54) is 0 Å². The summed E-state index contributed by atoms with van der Waals surface area (Å²) in [6.45, 7) is 0.861. The predicted octanol–water partition coefficient (Wildman–Crippen LogP) is 5.02. The molecule has 0 bridgehead atoms. The van der Waals surface area contributed by atoms with Gasteiger partial charge in [-0.2, -0.15) is 0 Å². The largest absolute Gasteiger partial charge is 0.365 e. The normalized spacial score (nSPS) is 18.2. The van der Waals surface area contributed by atoms with Crippen LogP contribution < -0.4 is 5.32 Å². The fourth-order valence-electron chi connectivity index (χ4n) is 4.66. The second kappa shape index (κ2) is 9.02. The van der Waals surface area contributed by atoms with Crippen LogP contribution in [0, 0.1) is 0 Å². The molecule has 0 fully saturated rings. The standard InChI is InChI=1S/C29H26N2O2/c32-28-25-18-10-11-19-26(25)29(33,31(28)21-23-14-6-2-7-15-23)27(24-16-8-3-9-17-24)30-20-22-12-4-1-5-13-22/h1-19,27,30,33H,20-21H2. The molecule has 1 amide bonds. The highest BCUT2D eigenvalue weighted by atomic mass is 16.3. The van der Waals surface area contributed by atoms with Gasteiger partial charge in [0.2, 0.25) is 0 Å². The molecule has 0 saturated heterocycles. The molecule has 4 heteroatoms. The summed E-state index contributed by atoms with van der Waals surface area (Å²) in [5.74, 6) is -0.167. The predicted molar refractivity (Wildman–Crippen MR) is 129 cm³/mol. The fourth-order valence-corrected chi connectivity index (χ4v) is 4.66. The molecule has 0 aliphatic carbocycles. The van der Waals surface area contributed by atoms with E-state index in [1.54, 1.807) is 11.0 Å². The first-order chi connectivity index (χ1) is 16.2. The lowest BCUT2D eigenvalue weighted by Gasteiger charge is -2.41. The third kappa shape index (κ3) is 3.95. The van der Waals surface area contributed by atoms with Crippen molar-refractivity contribution in [2.24, 2.45) is 0 Å². The zero-order valence-corrected chi connectivity index (χ0v) is 18.3. The number of hydrogen-bond acceptors (Lipinski definition) is 3. The molecule has 2 N–H and O–H groups in total. The van der Waals surface area contributed by atoms with Gasteiger partial charge in [0.05, 0.1) is 6.04 Å². The molecule has 0 saturated carbocycles. The van der Waals surface area contributed by atoms with E-state index in [0.29, 0.717) is 24.2 Å². The van der Waals surface area contributed by atoms with E-state index in [9.17, 15) is 9.90 Å². The molecule has 164 valence electrons. The second-order valence-electron chi connectivity index (χ2n) is 8.36. The fraction of sp³-hybridized carbons (Fsp3) is 0.138. The Labute approximate surface area is 194 Å². The topological polar surface area (TPSA) is 52.6 Å². The van der Waals surface area contributed by atoms with E-state index < -0.39 is 11.8 Å². The molecule has 4 aromatic rings. The van der Waals surface area contributed by atoms with Gasteiger partial charge in [-0.15, -0.1) is 0 Å². The van der Waals surface area contributed by atoms with Crippen molar-refractivity contribution in [3.63, 3.8) is 0 Å². The first-order valence-electron chi connectivity index (χ1n) is 11.2. The van der Waals surface area contributed by atoms with Crippen molar-refractivity contribution in [3.8, 4) is 0 Å². The van der Waals surface area contributed by atoms with Crippen molar-refractivity contribution >= 4 is 5.91 Å². The van der Waals surface area contributed by atoms with Gasteiger partial charge in [-0.25, -0.2) is 0 Å². The third-order valence-corrected chi connectivity index (χ3v) is 6.28. The maximum atomic E-state index is 13.6. The Morgan fingerprint density at radius 3 is 1.94 bits per heavy atom. The maximum Gasteiger partial charge on any atom is 0.257 e. The van der Waals surface area contributed by atoms with Crippen molar-refractivity contribution in [1.29, 1.82) is 0 Å². The first kappa shape index (κ1) is 21.1. The molecule has 1 heterocycles. The Kier molecular flexibility index (Phi) is 5.78. The number of nitrogens with one attached hydrogen (secondary N) is 1. The highest BCUT2D eigenvalue weighted by molar-refractivity contribution is 5.99. The van der Waals surface area contributed by atoms with Gasteiger partial charge in [0, 0.05) is 24.2 Å². The first-order valence-corrected chi connectivity index (χ1v) is 11.2. The SMILES string of the molecule is O=C1c2ccccc2C(O)(C(NCc2ccccc2)c2ccccc2)N1Cc1ccccc1. The van der Waals surface area contributed by atoms with Crippen LogP contribution in [0.1, 0.15) is 38.7 Å². The van der Waals surface area contributed by atoms with Crippen LogP contribution in [0.2, 0.25) is 0 Å². The molecular weight excluding hydrogens is 408 g/mol. The van der Waals surface area contributed by atoms with Crippen LogP contribution in [0.3, 0.4) is 0 Å². The van der Waals surface area contributed by atoms with Crippen LogP contribution in [0.4, 0.5) is 0 Å². The van der Waals surface area contributed by atoms with E-state index >= 15 is 0 Å². The Bertz CT molecular complexity index is 1230. The Hall–Kier alpha value is -3.73. The molecule has 0 spiro atoms. The molecule has 2 atom stereocenters. The van der Waals surface area contributed by atoms with Gasteiger partial charge >= 0.3 is 0 Å². The number of carbonyl (C=O) groups excluding carboxylic acids is 1.